The van der Waals surface area contributed by atoms with Crippen molar-refractivity contribution in [2.75, 3.05) is 26.2 Å². The minimum absolute atomic E-state index is 0.0720. The van der Waals surface area contributed by atoms with Gasteiger partial charge in [0.2, 0.25) is 5.91 Å². The van der Waals surface area contributed by atoms with Gasteiger partial charge in [-0.2, -0.15) is 0 Å². The van der Waals surface area contributed by atoms with E-state index in [1.54, 1.807) is 0 Å². The number of rotatable bonds is 7. The zero-order chi connectivity index (χ0) is 18.3. The second-order valence-corrected chi connectivity index (χ2v) is 7.00. The zero-order valence-electron chi connectivity index (χ0n) is 15.5. The molecule has 1 saturated heterocycles. The van der Waals surface area contributed by atoms with Gasteiger partial charge in [-0.05, 0) is 43.7 Å². The first-order chi connectivity index (χ1) is 12.1. The first kappa shape index (κ1) is 19.4. The number of nitrogens with one attached hydrogen (secondary N) is 1. The van der Waals surface area contributed by atoms with Gasteiger partial charge in [-0.25, -0.2) is 0 Å². The molecule has 3 N–H and O–H groups in total. The fourth-order valence-electron chi connectivity index (χ4n) is 3.48. The normalized spacial score (nSPS) is 15.9. The van der Waals surface area contributed by atoms with Gasteiger partial charge in [0, 0.05) is 31.7 Å². The fourth-order valence-corrected chi connectivity index (χ4v) is 3.48. The van der Waals surface area contributed by atoms with Crippen molar-refractivity contribution >= 4 is 11.8 Å². The van der Waals surface area contributed by atoms with Gasteiger partial charge >= 0.3 is 0 Å². The van der Waals surface area contributed by atoms with E-state index in [4.69, 9.17) is 5.73 Å². The van der Waals surface area contributed by atoms with E-state index < -0.39 is 5.41 Å². The number of hydrogen-bond donors (Lipinski definition) is 2. The van der Waals surface area contributed by atoms with Gasteiger partial charge in [-0.15, -0.1) is 0 Å². The lowest BCUT2D eigenvalue weighted by molar-refractivity contribution is -0.131. The zero-order valence-corrected chi connectivity index (χ0v) is 15.5. The van der Waals surface area contributed by atoms with Crippen molar-refractivity contribution in [1.82, 2.24) is 10.2 Å². The highest BCUT2D eigenvalue weighted by Gasteiger charge is 2.33. The number of benzene rings is 1. The summed E-state index contributed by atoms with van der Waals surface area (Å²) >= 11 is 0. The average Bonchev–Trinajstić information content (AvgIpc) is 2.68. The van der Waals surface area contributed by atoms with Gasteiger partial charge < -0.3 is 16.0 Å². The van der Waals surface area contributed by atoms with E-state index in [-0.39, 0.29) is 11.8 Å². The Labute approximate surface area is 151 Å². The molecule has 2 rings (SSSR count). The maximum absolute atomic E-state index is 12.5. The summed E-state index contributed by atoms with van der Waals surface area (Å²) in [6, 6.07) is 9.41. The summed E-state index contributed by atoms with van der Waals surface area (Å²) < 4.78 is 0. The standard InChI is InChI=1S/C20H31N3O2/c1-3-20(4-2,15-21)19(25)22-14-16-10-12-23(13-11-16)18(24)17-8-6-5-7-9-17/h5-9,16H,3-4,10-15,21H2,1-2H3,(H,22,25). The summed E-state index contributed by atoms with van der Waals surface area (Å²) in [6.45, 7) is 6.59. The van der Waals surface area contributed by atoms with E-state index in [9.17, 15) is 9.59 Å². The molecule has 0 radical (unpaired) electrons. The Morgan fingerprint density at radius 2 is 1.76 bits per heavy atom. The third-order valence-corrected chi connectivity index (χ3v) is 5.70. The Morgan fingerprint density at radius 3 is 2.28 bits per heavy atom. The lowest BCUT2D eigenvalue weighted by Crippen LogP contribution is -2.48. The molecule has 0 aromatic heterocycles. The molecule has 0 aliphatic carbocycles. The predicted octanol–water partition coefficient (Wildman–Crippen LogP) is 2.42. The van der Waals surface area contributed by atoms with Crippen LogP contribution in [0.5, 0.6) is 0 Å². The molecular formula is C20H31N3O2. The Morgan fingerprint density at radius 1 is 1.16 bits per heavy atom. The number of nitrogens with two attached hydrogens (primary N) is 1. The molecule has 0 bridgehead atoms. The van der Waals surface area contributed by atoms with Crippen molar-refractivity contribution in [3.63, 3.8) is 0 Å². The van der Waals surface area contributed by atoms with Crippen molar-refractivity contribution < 1.29 is 9.59 Å². The molecule has 0 atom stereocenters. The Balaban J connectivity index is 1.81. The van der Waals surface area contributed by atoms with Crippen LogP contribution in [0.2, 0.25) is 0 Å². The van der Waals surface area contributed by atoms with Crippen LogP contribution in [0.3, 0.4) is 0 Å². The maximum Gasteiger partial charge on any atom is 0.253 e. The molecular weight excluding hydrogens is 314 g/mol. The lowest BCUT2D eigenvalue weighted by atomic mass is 9.81. The highest BCUT2D eigenvalue weighted by atomic mass is 16.2. The number of likely N-dealkylation sites (tertiary alicyclic amines) is 1. The quantitative estimate of drug-likeness (QED) is 0.797. The second-order valence-electron chi connectivity index (χ2n) is 7.00. The van der Waals surface area contributed by atoms with Crippen LogP contribution in [0.1, 0.15) is 49.9 Å². The molecule has 0 saturated carbocycles. The molecule has 1 aromatic rings. The van der Waals surface area contributed by atoms with Gasteiger partial charge in [-0.1, -0.05) is 32.0 Å². The second kappa shape index (κ2) is 8.99. The van der Waals surface area contributed by atoms with Crippen LogP contribution in [-0.4, -0.2) is 42.9 Å². The Bertz CT molecular complexity index is 553. The summed E-state index contributed by atoms with van der Waals surface area (Å²) in [6.07, 6.45) is 3.37. The topological polar surface area (TPSA) is 75.4 Å². The average molecular weight is 345 g/mol. The summed E-state index contributed by atoms with van der Waals surface area (Å²) in [4.78, 5) is 26.9. The lowest BCUT2D eigenvalue weighted by Gasteiger charge is -2.34. The monoisotopic (exact) mass is 345 g/mol. The van der Waals surface area contributed by atoms with Crippen molar-refractivity contribution in [3.05, 3.63) is 35.9 Å². The van der Waals surface area contributed by atoms with Gasteiger partial charge in [0.1, 0.15) is 0 Å². The van der Waals surface area contributed by atoms with Crippen LogP contribution in [0.4, 0.5) is 0 Å². The predicted molar refractivity (Wildman–Crippen MR) is 100 cm³/mol. The fraction of sp³-hybridized carbons (Fsp3) is 0.600. The SMILES string of the molecule is CCC(CC)(CN)C(=O)NCC1CCN(C(=O)c2ccccc2)CC1. The van der Waals surface area contributed by atoms with Crippen molar-refractivity contribution in [3.8, 4) is 0 Å². The molecule has 1 aromatic carbocycles. The van der Waals surface area contributed by atoms with Gasteiger partial charge in [-0.3, -0.25) is 9.59 Å². The first-order valence-electron chi connectivity index (χ1n) is 9.39. The van der Waals surface area contributed by atoms with Crippen LogP contribution in [0, 0.1) is 11.3 Å². The largest absolute Gasteiger partial charge is 0.355 e. The number of carbonyl (C=O) groups excluding carboxylic acids is 2. The van der Waals surface area contributed by atoms with Crippen LogP contribution in [0.25, 0.3) is 0 Å². The minimum Gasteiger partial charge on any atom is -0.355 e. The molecule has 5 nitrogen and oxygen atoms in total. The maximum atomic E-state index is 12.5. The molecule has 5 heteroatoms. The third kappa shape index (κ3) is 4.60. The summed E-state index contributed by atoms with van der Waals surface area (Å²) in [5.74, 6) is 0.595. The van der Waals surface area contributed by atoms with Crippen molar-refractivity contribution in [2.24, 2.45) is 17.1 Å². The van der Waals surface area contributed by atoms with Crippen LogP contribution in [0.15, 0.2) is 30.3 Å². The summed E-state index contributed by atoms with van der Waals surface area (Å²) in [5, 5.41) is 3.10. The van der Waals surface area contributed by atoms with Gasteiger partial charge in [0.25, 0.3) is 5.91 Å². The Hall–Kier alpha value is -1.88. The van der Waals surface area contributed by atoms with Crippen molar-refractivity contribution in [1.29, 1.82) is 0 Å². The molecule has 1 heterocycles. The minimum atomic E-state index is -0.440. The van der Waals surface area contributed by atoms with E-state index >= 15 is 0 Å². The van der Waals surface area contributed by atoms with Crippen LogP contribution < -0.4 is 11.1 Å². The molecule has 138 valence electrons. The molecule has 2 amide bonds. The number of amides is 2. The molecule has 25 heavy (non-hydrogen) atoms. The number of nitrogens with zero attached hydrogens (tertiary/aromatic N) is 1. The van der Waals surface area contributed by atoms with E-state index in [1.807, 2.05) is 49.1 Å². The van der Waals surface area contributed by atoms with Crippen molar-refractivity contribution in [2.45, 2.75) is 39.5 Å². The van der Waals surface area contributed by atoms with Gasteiger partial charge in [0.15, 0.2) is 0 Å². The number of carbonyl (C=O) groups is 2. The summed E-state index contributed by atoms with van der Waals surface area (Å²) in [5.41, 5.74) is 6.14. The molecule has 0 unspecified atom stereocenters. The number of piperidine rings is 1. The van der Waals surface area contributed by atoms with E-state index in [2.05, 4.69) is 5.32 Å². The molecule has 1 aliphatic heterocycles. The molecule has 0 spiro atoms. The smallest absolute Gasteiger partial charge is 0.253 e. The van der Waals surface area contributed by atoms with Crippen LogP contribution in [-0.2, 0) is 4.79 Å². The van der Waals surface area contributed by atoms with E-state index in [1.165, 1.54) is 0 Å². The Kier molecular flexibility index (Phi) is 7.00. The summed E-state index contributed by atoms with van der Waals surface area (Å²) in [7, 11) is 0. The molecule has 1 aliphatic rings. The highest BCUT2D eigenvalue weighted by molar-refractivity contribution is 5.94. The third-order valence-electron chi connectivity index (χ3n) is 5.70. The van der Waals surface area contributed by atoms with Crippen LogP contribution >= 0.6 is 0 Å². The first-order valence-corrected chi connectivity index (χ1v) is 9.39. The molecule has 1 fully saturated rings. The van der Waals surface area contributed by atoms with E-state index in [0.29, 0.717) is 19.0 Å². The highest BCUT2D eigenvalue weighted by Crippen LogP contribution is 2.25. The van der Waals surface area contributed by atoms with E-state index in [0.717, 1.165) is 44.3 Å². The number of hydrogen-bond acceptors (Lipinski definition) is 3. The van der Waals surface area contributed by atoms with Gasteiger partial charge in [0.05, 0.1) is 5.41 Å².